The van der Waals surface area contributed by atoms with Crippen LogP contribution >= 0.6 is 23.2 Å². The molecule has 1 amide bonds. The summed E-state index contributed by atoms with van der Waals surface area (Å²) in [5.41, 5.74) is 0.727. The molecule has 1 heterocycles. The number of hydrogen-bond donors (Lipinski definition) is 2. The number of rotatable bonds is 5. The molecular weight excluding hydrogens is 481 g/mol. The van der Waals surface area contributed by atoms with Crippen LogP contribution in [-0.4, -0.2) is 36.1 Å². The van der Waals surface area contributed by atoms with Gasteiger partial charge in [0.25, 0.3) is 11.7 Å². The summed E-state index contributed by atoms with van der Waals surface area (Å²) in [6, 6.07) is 14.4. The molecule has 2 N–H and O–H groups in total. The Balaban J connectivity index is 2.01. The highest BCUT2D eigenvalue weighted by Gasteiger charge is 2.47. The number of hydrogen-bond acceptors (Lipinski definition) is 6. The van der Waals surface area contributed by atoms with Gasteiger partial charge in [0.05, 0.1) is 36.4 Å². The fourth-order valence-corrected chi connectivity index (χ4v) is 4.25. The van der Waals surface area contributed by atoms with Crippen molar-refractivity contribution in [3.05, 3.63) is 87.4 Å². The quantitative estimate of drug-likeness (QED) is 0.279. The second kappa shape index (κ2) is 9.29. The average Bonchev–Trinajstić information content (AvgIpc) is 3.10. The number of carbonyl (C=O) groups is 2. The van der Waals surface area contributed by atoms with Crippen LogP contribution in [0.5, 0.6) is 17.2 Å². The maximum atomic E-state index is 13.3. The summed E-state index contributed by atoms with van der Waals surface area (Å²) in [5.74, 6) is -1.70. The Labute approximate surface area is 205 Å². The SMILES string of the molecule is COc1ccc(OC)c(/C(O)=C2\C(=O)C(=O)N(c3cccc(Cl)c3)C2c2ccc(O)c(Cl)c2)c1. The molecule has 174 valence electrons. The van der Waals surface area contributed by atoms with Crippen molar-refractivity contribution in [2.75, 3.05) is 19.1 Å². The van der Waals surface area contributed by atoms with Crippen molar-refractivity contribution in [3.8, 4) is 17.2 Å². The van der Waals surface area contributed by atoms with E-state index in [-0.39, 0.29) is 27.7 Å². The lowest BCUT2D eigenvalue weighted by atomic mass is 9.94. The molecule has 9 heteroatoms. The number of phenolic OH excluding ortho intramolecular Hbond substituents is 1. The molecule has 0 aliphatic carbocycles. The topological polar surface area (TPSA) is 96.3 Å². The number of Topliss-reactive ketones (excluding diaryl/α,β-unsaturated/α-hetero) is 1. The third-order valence-electron chi connectivity index (χ3n) is 5.48. The van der Waals surface area contributed by atoms with Gasteiger partial charge in [0.1, 0.15) is 23.0 Å². The Hall–Kier alpha value is -3.68. The number of aliphatic hydroxyl groups is 1. The average molecular weight is 500 g/mol. The van der Waals surface area contributed by atoms with E-state index in [2.05, 4.69) is 0 Å². The third kappa shape index (κ3) is 4.04. The number of methoxy groups -OCH3 is 2. The van der Waals surface area contributed by atoms with Crippen LogP contribution in [0.2, 0.25) is 10.0 Å². The third-order valence-corrected chi connectivity index (χ3v) is 6.02. The molecule has 0 bridgehead atoms. The smallest absolute Gasteiger partial charge is 0.300 e. The zero-order chi connectivity index (χ0) is 24.6. The number of ether oxygens (including phenoxy) is 2. The minimum absolute atomic E-state index is 0.0214. The summed E-state index contributed by atoms with van der Waals surface area (Å²) < 4.78 is 10.6. The van der Waals surface area contributed by atoms with Gasteiger partial charge < -0.3 is 19.7 Å². The molecule has 0 spiro atoms. The summed E-state index contributed by atoms with van der Waals surface area (Å²) in [6.07, 6.45) is 0. The van der Waals surface area contributed by atoms with Crippen molar-refractivity contribution < 1.29 is 29.3 Å². The second-order valence-corrected chi connectivity index (χ2v) is 8.27. The molecule has 4 rings (SSSR count). The van der Waals surface area contributed by atoms with Gasteiger partial charge in [0.2, 0.25) is 0 Å². The normalized spacial score (nSPS) is 17.2. The molecule has 3 aromatic carbocycles. The zero-order valence-corrected chi connectivity index (χ0v) is 19.6. The number of phenols is 1. The molecule has 1 aliphatic heterocycles. The molecule has 1 atom stereocenters. The predicted octanol–water partition coefficient (Wildman–Crippen LogP) is 5.34. The number of nitrogens with zero attached hydrogens (tertiary/aromatic N) is 1. The standard InChI is InChI=1S/C25H19Cl2NO6/c1-33-16-7-9-20(34-2)17(12-16)23(30)21-22(13-6-8-19(29)18(27)10-13)28(25(32)24(21)31)15-5-3-4-14(26)11-15/h3-12,22,29-30H,1-2H3/b23-21+. The number of amides is 1. The number of benzene rings is 3. The Kier molecular flexibility index (Phi) is 6.41. The van der Waals surface area contributed by atoms with E-state index in [1.54, 1.807) is 30.3 Å². The molecule has 1 fully saturated rings. The first-order chi connectivity index (χ1) is 16.3. The number of halogens is 2. The van der Waals surface area contributed by atoms with Crippen molar-refractivity contribution in [1.29, 1.82) is 0 Å². The lowest BCUT2D eigenvalue weighted by molar-refractivity contribution is -0.132. The fraction of sp³-hybridized carbons (Fsp3) is 0.120. The molecule has 1 saturated heterocycles. The highest BCUT2D eigenvalue weighted by molar-refractivity contribution is 6.52. The second-order valence-electron chi connectivity index (χ2n) is 7.43. The van der Waals surface area contributed by atoms with Gasteiger partial charge in [-0.3, -0.25) is 14.5 Å². The van der Waals surface area contributed by atoms with Crippen molar-refractivity contribution in [2.45, 2.75) is 6.04 Å². The van der Waals surface area contributed by atoms with Crippen molar-refractivity contribution in [3.63, 3.8) is 0 Å². The Morgan fingerprint density at radius 3 is 2.38 bits per heavy atom. The largest absolute Gasteiger partial charge is 0.507 e. The number of anilines is 1. The lowest BCUT2D eigenvalue weighted by Gasteiger charge is -2.26. The van der Waals surface area contributed by atoms with Crippen LogP contribution in [-0.2, 0) is 9.59 Å². The van der Waals surface area contributed by atoms with E-state index in [4.69, 9.17) is 32.7 Å². The molecule has 3 aromatic rings. The van der Waals surface area contributed by atoms with Gasteiger partial charge in [-0.1, -0.05) is 35.3 Å². The van der Waals surface area contributed by atoms with Crippen LogP contribution in [0.1, 0.15) is 17.2 Å². The van der Waals surface area contributed by atoms with E-state index in [0.717, 1.165) is 0 Å². The Morgan fingerprint density at radius 2 is 1.74 bits per heavy atom. The summed E-state index contributed by atoms with van der Waals surface area (Å²) in [5, 5.41) is 21.6. The highest BCUT2D eigenvalue weighted by Crippen LogP contribution is 2.45. The van der Waals surface area contributed by atoms with Crippen molar-refractivity contribution in [2.24, 2.45) is 0 Å². The predicted molar refractivity (Wildman–Crippen MR) is 129 cm³/mol. The number of carbonyl (C=O) groups excluding carboxylic acids is 2. The van der Waals surface area contributed by atoms with E-state index in [9.17, 15) is 19.8 Å². The first kappa shape index (κ1) is 23.5. The fourth-order valence-electron chi connectivity index (χ4n) is 3.88. The molecule has 7 nitrogen and oxygen atoms in total. The summed E-state index contributed by atoms with van der Waals surface area (Å²) in [6.45, 7) is 0. The van der Waals surface area contributed by atoms with E-state index in [1.165, 1.54) is 49.5 Å². The molecule has 0 aromatic heterocycles. The number of ketones is 1. The van der Waals surface area contributed by atoms with E-state index < -0.39 is 23.5 Å². The maximum Gasteiger partial charge on any atom is 0.300 e. The van der Waals surface area contributed by atoms with Gasteiger partial charge in [-0.25, -0.2) is 0 Å². The van der Waals surface area contributed by atoms with Crippen LogP contribution in [0.25, 0.3) is 5.76 Å². The van der Waals surface area contributed by atoms with Crippen molar-refractivity contribution >= 4 is 46.3 Å². The summed E-state index contributed by atoms with van der Waals surface area (Å²) in [4.78, 5) is 27.7. The molecule has 34 heavy (non-hydrogen) atoms. The lowest BCUT2D eigenvalue weighted by Crippen LogP contribution is -2.29. The van der Waals surface area contributed by atoms with Crippen LogP contribution in [0.15, 0.2) is 66.2 Å². The molecule has 0 radical (unpaired) electrons. The number of aliphatic hydroxyl groups excluding tert-OH is 1. The monoisotopic (exact) mass is 499 g/mol. The maximum absolute atomic E-state index is 13.3. The van der Waals surface area contributed by atoms with Crippen LogP contribution in [0.4, 0.5) is 5.69 Å². The molecule has 1 unspecified atom stereocenters. The van der Waals surface area contributed by atoms with Gasteiger partial charge in [0, 0.05) is 10.7 Å². The molecule has 0 saturated carbocycles. The first-order valence-corrected chi connectivity index (χ1v) is 10.8. The summed E-state index contributed by atoms with van der Waals surface area (Å²) in [7, 11) is 2.88. The molecular formula is C25H19Cl2NO6. The van der Waals surface area contributed by atoms with E-state index in [0.29, 0.717) is 22.0 Å². The zero-order valence-electron chi connectivity index (χ0n) is 18.1. The van der Waals surface area contributed by atoms with Crippen LogP contribution < -0.4 is 14.4 Å². The highest BCUT2D eigenvalue weighted by atomic mass is 35.5. The van der Waals surface area contributed by atoms with E-state index in [1.807, 2.05) is 0 Å². The van der Waals surface area contributed by atoms with Crippen LogP contribution in [0.3, 0.4) is 0 Å². The van der Waals surface area contributed by atoms with Gasteiger partial charge in [-0.05, 0) is 54.1 Å². The minimum Gasteiger partial charge on any atom is -0.507 e. The Morgan fingerprint density at radius 1 is 0.971 bits per heavy atom. The summed E-state index contributed by atoms with van der Waals surface area (Å²) >= 11 is 12.3. The van der Waals surface area contributed by atoms with E-state index >= 15 is 0 Å². The first-order valence-electron chi connectivity index (χ1n) is 10.0. The minimum atomic E-state index is -1.06. The van der Waals surface area contributed by atoms with Gasteiger partial charge in [-0.2, -0.15) is 0 Å². The van der Waals surface area contributed by atoms with Gasteiger partial charge >= 0.3 is 0 Å². The van der Waals surface area contributed by atoms with Crippen molar-refractivity contribution in [1.82, 2.24) is 0 Å². The Bertz CT molecular complexity index is 1340. The van der Waals surface area contributed by atoms with Crippen LogP contribution in [0, 0.1) is 0 Å². The number of aromatic hydroxyl groups is 1. The van der Waals surface area contributed by atoms with Gasteiger partial charge in [-0.15, -0.1) is 0 Å². The van der Waals surface area contributed by atoms with Gasteiger partial charge in [0.15, 0.2) is 0 Å². The molecule has 1 aliphatic rings.